The molecule has 0 fully saturated rings. The van der Waals surface area contributed by atoms with Crippen LogP contribution in [0.15, 0.2) is 35.4 Å². The maximum atomic E-state index is 11.7. The van der Waals surface area contributed by atoms with Crippen LogP contribution < -0.4 is 5.56 Å². The van der Waals surface area contributed by atoms with Gasteiger partial charge in [0.2, 0.25) is 0 Å². The summed E-state index contributed by atoms with van der Waals surface area (Å²) in [5, 5.41) is 8.54. The molecule has 5 nitrogen and oxygen atoms in total. The summed E-state index contributed by atoms with van der Waals surface area (Å²) in [7, 11) is 0. The van der Waals surface area contributed by atoms with E-state index in [0.717, 1.165) is 15.8 Å². The molecular formula is C13H12N2O3S. The molecule has 0 saturated carbocycles. The second-order valence-electron chi connectivity index (χ2n) is 3.97. The highest BCUT2D eigenvalue weighted by atomic mass is 32.1. The number of thiophene rings is 1. The molecule has 0 amide bonds. The van der Waals surface area contributed by atoms with Crippen molar-refractivity contribution in [3.63, 3.8) is 0 Å². The number of aromatic nitrogens is 2. The zero-order valence-electron chi connectivity index (χ0n) is 10.2. The molecule has 0 radical (unpaired) electrons. The number of carbonyl (C=O) groups is 1. The van der Waals surface area contributed by atoms with Gasteiger partial charge in [0.1, 0.15) is 0 Å². The van der Waals surface area contributed by atoms with Crippen molar-refractivity contribution in [3.8, 4) is 0 Å². The molecule has 2 heterocycles. The number of aryl methyl sites for hydroxylation is 1. The molecule has 0 atom stereocenters. The number of hydrogen-bond donors (Lipinski definition) is 1. The molecule has 0 spiro atoms. The van der Waals surface area contributed by atoms with Gasteiger partial charge in [-0.1, -0.05) is 0 Å². The van der Waals surface area contributed by atoms with Crippen LogP contribution in [-0.2, 0) is 11.3 Å². The Morgan fingerprint density at radius 3 is 3.00 bits per heavy atom. The lowest BCUT2D eigenvalue weighted by molar-refractivity contribution is -0.131. The number of rotatable bonds is 4. The van der Waals surface area contributed by atoms with E-state index in [0.29, 0.717) is 12.2 Å². The van der Waals surface area contributed by atoms with E-state index in [1.807, 2.05) is 12.1 Å². The van der Waals surface area contributed by atoms with Crippen LogP contribution in [0.3, 0.4) is 0 Å². The fourth-order valence-electron chi connectivity index (χ4n) is 1.53. The highest BCUT2D eigenvalue weighted by Gasteiger charge is 2.02. The van der Waals surface area contributed by atoms with Crippen molar-refractivity contribution in [1.29, 1.82) is 0 Å². The molecule has 6 heteroatoms. The smallest absolute Gasteiger partial charge is 0.328 e. The van der Waals surface area contributed by atoms with Crippen LogP contribution in [-0.4, -0.2) is 20.6 Å². The topological polar surface area (TPSA) is 72.2 Å². The summed E-state index contributed by atoms with van der Waals surface area (Å²) in [5.74, 6) is -0.978. The number of nitrogens with zero attached hydrogens (tertiary/aromatic N) is 2. The van der Waals surface area contributed by atoms with Gasteiger partial charge in [-0.25, -0.2) is 9.78 Å². The van der Waals surface area contributed by atoms with E-state index in [4.69, 9.17) is 5.11 Å². The van der Waals surface area contributed by atoms with Gasteiger partial charge in [-0.3, -0.25) is 9.36 Å². The predicted molar refractivity (Wildman–Crippen MR) is 73.3 cm³/mol. The predicted octanol–water partition coefficient (Wildman–Crippen LogP) is 1.76. The minimum Gasteiger partial charge on any atom is -0.478 e. The van der Waals surface area contributed by atoms with Crippen LogP contribution in [0, 0.1) is 6.92 Å². The van der Waals surface area contributed by atoms with Gasteiger partial charge in [-0.15, -0.1) is 11.3 Å². The number of carboxylic acid groups (broad SMARTS) is 1. The Morgan fingerprint density at radius 1 is 1.53 bits per heavy atom. The lowest BCUT2D eigenvalue weighted by Gasteiger charge is -2.02. The van der Waals surface area contributed by atoms with Gasteiger partial charge in [0.15, 0.2) is 0 Å². The van der Waals surface area contributed by atoms with Crippen molar-refractivity contribution in [2.24, 2.45) is 0 Å². The summed E-state index contributed by atoms with van der Waals surface area (Å²) in [6.07, 6.45) is 4.14. The van der Waals surface area contributed by atoms with Gasteiger partial charge >= 0.3 is 5.97 Å². The zero-order chi connectivity index (χ0) is 13.8. The number of hydrogen-bond acceptors (Lipinski definition) is 4. The average Bonchev–Trinajstić information content (AvgIpc) is 2.78. The van der Waals surface area contributed by atoms with E-state index >= 15 is 0 Å². The largest absolute Gasteiger partial charge is 0.478 e. The van der Waals surface area contributed by atoms with E-state index in [9.17, 15) is 9.59 Å². The fourth-order valence-corrected chi connectivity index (χ4v) is 2.44. The summed E-state index contributed by atoms with van der Waals surface area (Å²) in [5.41, 5.74) is 0.598. The first-order valence-electron chi connectivity index (χ1n) is 5.57. The number of carboxylic acids is 1. The number of aliphatic carboxylic acids is 1. The van der Waals surface area contributed by atoms with Crippen molar-refractivity contribution in [1.82, 2.24) is 9.55 Å². The van der Waals surface area contributed by atoms with Crippen LogP contribution >= 0.6 is 11.3 Å². The van der Waals surface area contributed by atoms with Crippen LogP contribution in [0.5, 0.6) is 0 Å². The summed E-state index contributed by atoms with van der Waals surface area (Å²) in [6, 6.07) is 5.18. The lowest BCUT2D eigenvalue weighted by Crippen LogP contribution is -2.20. The molecular weight excluding hydrogens is 264 g/mol. The summed E-state index contributed by atoms with van der Waals surface area (Å²) >= 11 is 1.44. The Balaban J connectivity index is 2.16. The van der Waals surface area contributed by atoms with Crippen molar-refractivity contribution >= 4 is 23.4 Å². The standard InChI is InChI=1S/C13H12N2O3S/c1-9-6-12(16)15(8-14-9)7-11-3-2-10(19-11)4-5-13(17)18/h2-6,8H,7H2,1H3,(H,17,18). The summed E-state index contributed by atoms with van der Waals surface area (Å²) in [6.45, 7) is 2.21. The van der Waals surface area contributed by atoms with Gasteiger partial charge < -0.3 is 5.11 Å². The van der Waals surface area contributed by atoms with Crippen LogP contribution in [0.1, 0.15) is 15.4 Å². The Morgan fingerprint density at radius 2 is 2.32 bits per heavy atom. The van der Waals surface area contributed by atoms with Crippen LogP contribution in [0.4, 0.5) is 0 Å². The quantitative estimate of drug-likeness (QED) is 0.864. The molecule has 0 bridgehead atoms. The van der Waals surface area contributed by atoms with Gasteiger partial charge in [0, 0.05) is 27.6 Å². The van der Waals surface area contributed by atoms with E-state index in [-0.39, 0.29) is 5.56 Å². The normalized spacial score (nSPS) is 11.0. The van der Waals surface area contributed by atoms with Crippen LogP contribution in [0.2, 0.25) is 0 Å². The Bertz CT molecular complexity index is 685. The molecule has 98 valence electrons. The highest BCUT2D eigenvalue weighted by molar-refractivity contribution is 7.12. The third-order valence-corrected chi connectivity index (χ3v) is 3.45. The SMILES string of the molecule is Cc1cc(=O)n(Cc2ccc(C=CC(=O)O)s2)cn1. The second-order valence-corrected chi connectivity index (χ2v) is 5.17. The Hall–Kier alpha value is -2.21. The molecule has 0 aliphatic rings. The molecule has 0 aliphatic heterocycles. The average molecular weight is 276 g/mol. The van der Waals surface area contributed by atoms with Crippen molar-refractivity contribution in [3.05, 3.63) is 56.4 Å². The molecule has 1 N–H and O–H groups in total. The fraction of sp³-hybridized carbons (Fsp3) is 0.154. The third kappa shape index (κ3) is 3.62. The minimum absolute atomic E-state index is 0.0940. The van der Waals surface area contributed by atoms with E-state index in [1.165, 1.54) is 34.4 Å². The second kappa shape index (κ2) is 5.62. The Labute approximate surface area is 113 Å². The van der Waals surface area contributed by atoms with Crippen molar-refractivity contribution in [2.45, 2.75) is 13.5 Å². The van der Waals surface area contributed by atoms with Crippen molar-refractivity contribution in [2.75, 3.05) is 0 Å². The molecule has 0 aliphatic carbocycles. The summed E-state index contributed by atoms with van der Waals surface area (Å²) in [4.78, 5) is 28.0. The van der Waals surface area contributed by atoms with E-state index < -0.39 is 5.97 Å². The molecule has 0 saturated heterocycles. The van der Waals surface area contributed by atoms with Gasteiger partial charge in [0.25, 0.3) is 5.56 Å². The molecule has 2 rings (SSSR count). The van der Waals surface area contributed by atoms with Gasteiger partial charge in [-0.2, -0.15) is 0 Å². The van der Waals surface area contributed by atoms with E-state index in [1.54, 1.807) is 6.92 Å². The van der Waals surface area contributed by atoms with E-state index in [2.05, 4.69) is 4.98 Å². The third-order valence-electron chi connectivity index (χ3n) is 2.41. The monoisotopic (exact) mass is 276 g/mol. The highest BCUT2D eigenvalue weighted by Crippen LogP contribution is 2.18. The van der Waals surface area contributed by atoms with Gasteiger partial charge in [0.05, 0.1) is 12.9 Å². The lowest BCUT2D eigenvalue weighted by atomic mass is 10.4. The van der Waals surface area contributed by atoms with Crippen LogP contribution in [0.25, 0.3) is 6.08 Å². The first-order chi connectivity index (χ1) is 9.04. The minimum atomic E-state index is -0.978. The van der Waals surface area contributed by atoms with Crippen molar-refractivity contribution < 1.29 is 9.90 Å². The Kier molecular flexibility index (Phi) is 3.91. The maximum absolute atomic E-state index is 11.7. The molecule has 0 unspecified atom stereocenters. The van der Waals surface area contributed by atoms with Gasteiger partial charge in [-0.05, 0) is 25.1 Å². The molecule has 2 aromatic rings. The maximum Gasteiger partial charge on any atom is 0.328 e. The molecule has 19 heavy (non-hydrogen) atoms. The first kappa shape index (κ1) is 13.2. The molecule has 2 aromatic heterocycles. The molecule has 0 aromatic carbocycles. The zero-order valence-corrected chi connectivity index (χ0v) is 11.1. The first-order valence-corrected chi connectivity index (χ1v) is 6.39. The summed E-state index contributed by atoms with van der Waals surface area (Å²) < 4.78 is 1.52.